The Labute approximate surface area is 111 Å². The van der Waals surface area contributed by atoms with Gasteiger partial charge in [0.15, 0.2) is 5.11 Å². The third-order valence-electron chi connectivity index (χ3n) is 2.30. The zero-order valence-corrected chi connectivity index (χ0v) is 11.0. The normalized spacial score (nSPS) is 16.9. The predicted octanol–water partition coefficient (Wildman–Crippen LogP) is 1.82. The molecule has 94 valence electrons. The maximum absolute atomic E-state index is 11.6. The summed E-state index contributed by atoms with van der Waals surface area (Å²) in [6, 6.07) is 7.55. The number of hydrogen-bond acceptors (Lipinski definition) is 3. The van der Waals surface area contributed by atoms with Gasteiger partial charge in [-0.05, 0) is 38.2 Å². The van der Waals surface area contributed by atoms with Crippen molar-refractivity contribution in [3.8, 4) is 5.75 Å². The molecule has 0 atom stereocenters. The molecule has 4 nitrogen and oxygen atoms in total. The zero-order valence-electron chi connectivity index (χ0n) is 10.2. The Hall–Kier alpha value is -1.88. The fourth-order valence-corrected chi connectivity index (χ4v) is 1.80. The maximum atomic E-state index is 11.6. The molecule has 5 heteroatoms. The Bertz CT molecular complexity index is 523. The maximum Gasteiger partial charge on any atom is 0.273 e. The molecule has 0 bridgehead atoms. The molecule has 0 unspecified atom stereocenters. The Morgan fingerprint density at radius 1 is 1.28 bits per heavy atom. The van der Waals surface area contributed by atoms with E-state index in [0.717, 1.165) is 11.3 Å². The van der Waals surface area contributed by atoms with Crippen LogP contribution in [-0.4, -0.2) is 17.1 Å². The second-order valence-electron chi connectivity index (χ2n) is 4.17. The standard InChI is InChI=1S/C13H14N2O2S/c1-8(2)17-11-6-4-3-5-9(11)7-10-12(16)15-13(18)14-10/h3-8H,1-2H3,(H2,14,15,16,18)/b10-7-. The van der Waals surface area contributed by atoms with Gasteiger partial charge in [0.1, 0.15) is 11.4 Å². The summed E-state index contributed by atoms with van der Waals surface area (Å²) in [4.78, 5) is 11.6. The third-order valence-corrected chi connectivity index (χ3v) is 2.51. The van der Waals surface area contributed by atoms with Crippen molar-refractivity contribution in [3.63, 3.8) is 0 Å². The van der Waals surface area contributed by atoms with Crippen LogP contribution >= 0.6 is 12.2 Å². The summed E-state index contributed by atoms with van der Waals surface area (Å²) in [5.41, 5.74) is 1.27. The predicted molar refractivity (Wildman–Crippen MR) is 74.1 cm³/mol. The highest BCUT2D eigenvalue weighted by Gasteiger charge is 2.20. The minimum atomic E-state index is -0.223. The van der Waals surface area contributed by atoms with Gasteiger partial charge in [0.25, 0.3) is 5.91 Å². The summed E-state index contributed by atoms with van der Waals surface area (Å²) in [6.45, 7) is 3.92. The zero-order chi connectivity index (χ0) is 13.1. The van der Waals surface area contributed by atoms with Crippen LogP contribution in [0.1, 0.15) is 19.4 Å². The molecular weight excluding hydrogens is 248 g/mol. The topological polar surface area (TPSA) is 50.4 Å². The molecular formula is C13H14N2O2S. The number of nitrogens with one attached hydrogen (secondary N) is 2. The van der Waals surface area contributed by atoms with Crippen LogP contribution in [0.25, 0.3) is 6.08 Å². The number of para-hydroxylation sites is 1. The fraction of sp³-hybridized carbons (Fsp3) is 0.231. The number of ether oxygens (including phenoxy) is 1. The number of rotatable bonds is 3. The highest BCUT2D eigenvalue weighted by Crippen LogP contribution is 2.22. The van der Waals surface area contributed by atoms with E-state index in [1.54, 1.807) is 6.08 Å². The molecule has 1 aliphatic heterocycles. The van der Waals surface area contributed by atoms with Crippen molar-refractivity contribution < 1.29 is 9.53 Å². The van der Waals surface area contributed by atoms with Crippen molar-refractivity contribution in [2.45, 2.75) is 20.0 Å². The summed E-state index contributed by atoms with van der Waals surface area (Å²) >= 11 is 4.88. The number of amides is 1. The SMILES string of the molecule is CC(C)Oc1ccccc1/C=C1\NC(=S)NC1=O. The van der Waals surface area contributed by atoms with Gasteiger partial charge in [-0.3, -0.25) is 10.1 Å². The van der Waals surface area contributed by atoms with Crippen molar-refractivity contribution >= 4 is 29.3 Å². The van der Waals surface area contributed by atoms with Crippen LogP contribution in [0.2, 0.25) is 0 Å². The molecule has 2 rings (SSSR count). The lowest BCUT2D eigenvalue weighted by molar-refractivity contribution is -0.115. The number of carbonyl (C=O) groups is 1. The number of thiocarbonyl (C=S) groups is 1. The molecule has 1 aromatic carbocycles. The Balaban J connectivity index is 2.31. The van der Waals surface area contributed by atoms with E-state index in [2.05, 4.69) is 10.6 Å². The minimum Gasteiger partial charge on any atom is -0.490 e. The molecule has 1 aliphatic rings. The van der Waals surface area contributed by atoms with E-state index in [-0.39, 0.29) is 12.0 Å². The molecule has 0 radical (unpaired) electrons. The van der Waals surface area contributed by atoms with Crippen LogP contribution in [0.15, 0.2) is 30.0 Å². The number of benzene rings is 1. The smallest absolute Gasteiger partial charge is 0.273 e. The van der Waals surface area contributed by atoms with Crippen LogP contribution in [0.4, 0.5) is 0 Å². The van der Waals surface area contributed by atoms with Gasteiger partial charge in [0, 0.05) is 5.56 Å². The van der Waals surface area contributed by atoms with E-state index in [0.29, 0.717) is 10.8 Å². The van der Waals surface area contributed by atoms with E-state index in [1.807, 2.05) is 38.1 Å². The van der Waals surface area contributed by atoms with Crippen molar-refractivity contribution in [2.24, 2.45) is 0 Å². The highest BCUT2D eigenvalue weighted by molar-refractivity contribution is 7.80. The molecule has 18 heavy (non-hydrogen) atoms. The van der Waals surface area contributed by atoms with Gasteiger partial charge in [-0.1, -0.05) is 18.2 Å². The van der Waals surface area contributed by atoms with Gasteiger partial charge in [-0.25, -0.2) is 0 Å². The van der Waals surface area contributed by atoms with Gasteiger partial charge in [-0.15, -0.1) is 0 Å². The molecule has 1 amide bonds. The molecule has 1 heterocycles. The van der Waals surface area contributed by atoms with E-state index >= 15 is 0 Å². The van der Waals surface area contributed by atoms with E-state index in [4.69, 9.17) is 17.0 Å². The van der Waals surface area contributed by atoms with Crippen molar-refractivity contribution in [2.75, 3.05) is 0 Å². The lowest BCUT2D eigenvalue weighted by Gasteiger charge is -2.12. The molecule has 2 N–H and O–H groups in total. The molecule has 0 aromatic heterocycles. The molecule has 1 aromatic rings. The van der Waals surface area contributed by atoms with Gasteiger partial charge >= 0.3 is 0 Å². The Kier molecular flexibility index (Phi) is 3.62. The summed E-state index contributed by atoms with van der Waals surface area (Å²) in [7, 11) is 0. The Morgan fingerprint density at radius 2 is 2.00 bits per heavy atom. The minimum absolute atomic E-state index is 0.0796. The first-order valence-corrected chi connectivity index (χ1v) is 6.07. The second kappa shape index (κ2) is 5.18. The summed E-state index contributed by atoms with van der Waals surface area (Å²) in [6.07, 6.45) is 1.81. The number of hydrogen-bond donors (Lipinski definition) is 2. The first kappa shape index (κ1) is 12.6. The van der Waals surface area contributed by atoms with Crippen LogP contribution in [-0.2, 0) is 4.79 Å². The highest BCUT2D eigenvalue weighted by atomic mass is 32.1. The first-order chi connectivity index (χ1) is 8.56. The molecule has 0 spiro atoms. The van der Waals surface area contributed by atoms with Crippen LogP contribution in [0.3, 0.4) is 0 Å². The van der Waals surface area contributed by atoms with E-state index in [9.17, 15) is 4.79 Å². The third kappa shape index (κ3) is 2.87. The first-order valence-electron chi connectivity index (χ1n) is 5.66. The lowest BCUT2D eigenvalue weighted by Crippen LogP contribution is -2.21. The van der Waals surface area contributed by atoms with E-state index in [1.165, 1.54) is 0 Å². The van der Waals surface area contributed by atoms with Gasteiger partial charge in [0.2, 0.25) is 0 Å². The van der Waals surface area contributed by atoms with Crippen molar-refractivity contribution in [3.05, 3.63) is 35.5 Å². The molecule has 1 fully saturated rings. The van der Waals surface area contributed by atoms with Crippen LogP contribution in [0.5, 0.6) is 5.75 Å². The summed E-state index contributed by atoms with van der Waals surface area (Å²) in [5.74, 6) is 0.520. The largest absolute Gasteiger partial charge is 0.490 e. The fourth-order valence-electron chi connectivity index (χ4n) is 1.60. The van der Waals surface area contributed by atoms with Crippen molar-refractivity contribution in [1.29, 1.82) is 0 Å². The Morgan fingerprint density at radius 3 is 2.61 bits per heavy atom. The van der Waals surface area contributed by atoms with E-state index < -0.39 is 0 Å². The lowest BCUT2D eigenvalue weighted by atomic mass is 10.1. The van der Waals surface area contributed by atoms with Crippen molar-refractivity contribution in [1.82, 2.24) is 10.6 Å². The van der Waals surface area contributed by atoms with Crippen LogP contribution < -0.4 is 15.4 Å². The van der Waals surface area contributed by atoms with Gasteiger partial charge in [0.05, 0.1) is 6.10 Å². The summed E-state index contributed by atoms with van der Waals surface area (Å²) < 4.78 is 5.68. The van der Waals surface area contributed by atoms with Gasteiger partial charge in [-0.2, -0.15) is 0 Å². The molecule has 0 aliphatic carbocycles. The van der Waals surface area contributed by atoms with Gasteiger partial charge < -0.3 is 10.1 Å². The number of carbonyl (C=O) groups excluding carboxylic acids is 1. The van der Waals surface area contributed by atoms with Crippen LogP contribution in [0, 0.1) is 0 Å². The summed E-state index contributed by atoms with van der Waals surface area (Å²) in [5, 5.41) is 5.66. The molecule has 0 saturated carbocycles. The average molecular weight is 262 g/mol. The molecule has 1 saturated heterocycles. The quantitative estimate of drug-likeness (QED) is 0.644. The second-order valence-corrected chi connectivity index (χ2v) is 4.58. The average Bonchev–Trinajstić information content (AvgIpc) is 2.59. The monoisotopic (exact) mass is 262 g/mol.